The van der Waals surface area contributed by atoms with Gasteiger partial charge in [-0.1, -0.05) is 12.1 Å². The Hall–Kier alpha value is -1.62. The molecule has 0 aliphatic rings. The highest BCUT2D eigenvalue weighted by molar-refractivity contribution is 5.68. The third-order valence-electron chi connectivity index (χ3n) is 2.61. The van der Waals surface area contributed by atoms with Crippen LogP contribution in [0, 0.1) is 5.82 Å². The van der Waals surface area contributed by atoms with Crippen LogP contribution in [0.1, 0.15) is 32.4 Å². The Kier molecular flexibility index (Phi) is 4.89. The van der Waals surface area contributed by atoms with Crippen LogP contribution in [0.5, 0.6) is 0 Å². The summed E-state index contributed by atoms with van der Waals surface area (Å²) < 4.78 is 18.5. The molecule has 19 heavy (non-hydrogen) atoms. The molecule has 1 atom stereocenters. The molecular weight excluding hydrogens is 247 g/mol. The fourth-order valence-corrected chi connectivity index (χ4v) is 1.69. The van der Waals surface area contributed by atoms with E-state index >= 15 is 0 Å². The third kappa shape index (κ3) is 4.52. The number of hydrogen-bond acceptors (Lipinski definition) is 3. The van der Waals surface area contributed by atoms with Gasteiger partial charge in [-0.25, -0.2) is 9.18 Å². The van der Waals surface area contributed by atoms with Crippen molar-refractivity contribution in [2.24, 2.45) is 5.73 Å². The lowest BCUT2D eigenvalue weighted by atomic mass is 10.1. The highest BCUT2D eigenvalue weighted by Gasteiger charge is 2.25. The van der Waals surface area contributed by atoms with Crippen LogP contribution >= 0.6 is 0 Å². The second-order valence-electron chi connectivity index (χ2n) is 5.40. The number of likely N-dealkylation sites (N-methyl/N-ethyl adjacent to an activating group) is 1. The molecule has 2 N–H and O–H groups in total. The van der Waals surface area contributed by atoms with Crippen LogP contribution in [0.4, 0.5) is 9.18 Å². The van der Waals surface area contributed by atoms with Crippen LogP contribution in [0.25, 0.3) is 0 Å². The zero-order valence-corrected chi connectivity index (χ0v) is 11.8. The fourth-order valence-electron chi connectivity index (χ4n) is 1.69. The van der Waals surface area contributed by atoms with Crippen molar-refractivity contribution in [3.63, 3.8) is 0 Å². The van der Waals surface area contributed by atoms with Crippen LogP contribution < -0.4 is 5.73 Å². The molecule has 1 amide bonds. The molecule has 0 aromatic heterocycles. The smallest absolute Gasteiger partial charge is 0.410 e. The van der Waals surface area contributed by atoms with E-state index in [0.29, 0.717) is 5.56 Å². The Morgan fingerprint density at radius 3 is 2.58 bits per heavy atom. The highest BCUT2D eigenvalue weighted by Crippen LogP contribution is 2.21. The van der Waals surface area contributed by atoms with Gasteiger partial charge in [-0.2, -0.15) is 0 Å². The zero-order valence-electron chi connectivity index (χ0n) is 11.8. The van der Waals surface area contributed by atoms with Gasteiger partial charge in [-0.3, -0.25) is 0 Å². The molecule has 0 saturated heterocycles. The molecule has 1 aromatic carbocycles. The zero-order chi connectivity index (χ0) is 14.6. The van der Waals surface area contributed by atoms with E-state index in [9.17, 15) is 9.18 Å². The summed E-state index contributed by atoms with van der Waals surface area (Å²) in [7, 11) is 1.59. The summed E-state index contributed by atoms with van der Waals surface area (Å²) in [4.78, 5) is 13.4. The first-order valence-corrected chi connectivity index (χ1v) is 6.16. The van der Waals surface area contributed by atoms with E-state index in [2.05, 4.69) is 0 Å². The summed E-state index contributed by atoms with van der Waals surface area (Å²) in [5.74, 6) is -0.353. The molecule has 0 aliphatic heterocycles. The maximum absolute atomic E-state index is 13.2. The average molecular weight is 268 g/mol. The number of benzene rings is 1. The Balaban J connectivity index is 2.88. The Labute approximate surface area is 113 Å². The molecule has 0 bridgehead atoms. The summed E-state index contributed by atoms with van der Waals surface area (Å²) in [6, 6.07) is 5.64. The van der Waals surface area contributed by atoms with Crippen molar-refractivity contribution in [2.75, 3.05) is 13.6 Å². The minimum absolute atomic E-state index is 0.194. The summed E-state index contributed by atoms with van der Waals surface area (Å²) in [6.07, 6.45) is -0.479. The van der Waals surface area contributed by atoms with E-state index in [1.165, 1.54) is 17.0 Å². The van der Waals surface area contributed by atoms with Gasteiger partial charge in [0.1, 0.15) is 11.4 Å². The van der Waals surface area contributed by atoms with E-state index in [0.717, 1.165) is 0 Å². The number of carbonyl (C=O) groups is 1. The monoisotopic (exact) mass is 268 g/mol. The molecule has 0 radical (unpaired) electrons. The summed E-state index contributed by atoms with van der Waals surface area (Å²) in [5.41, 5.74) is 5.76. The van der Waals surface area contributed by atoms with Crippen LogP contribution in [-0.4, -0.2) is 30.2 Å². The quantitative estimate of drug-likeness (QED) is 0.917. The number of ether oxygens (including phenoxy) is 1. The number of amides is 1. The van der Waals surface area contributed by atoms with Crippen molar-refractivity contribution in [2.45, 2.75) is 32.4 Å². The van der Waals surface area contributed by atoms with Gasteiger partial charge in [0.05, 0.1) is 6.04 Å². The lowest BCUT2D eigenvalue weighted by molar-refractivity contribution is 0.0225. The maximum atomic E-state index is 13.2. The van der Waals surface area contributed by atoms with Crippen molar-refractivity contribution >= 4 is 6.09 Å². The van der Waals surface area contributed by atoms with Crippen molar-refractivity contribution in [1.82, 2.24) is 4.90 Å². The predicted molar refractivity (Wildman–Crippen MR) is 72.2 cm³/mol. The summed E-state index contributed by atoms with van der Waals surface area (Å²) in [5, 5.41) is 0. The number of nitrogens with zero attached hydrogens (tertiary/aromatic N) is 1. The lowest BCUT2D eigenvalue weighted by Crippen LogP contribution is -2.39. The maximum Gasteiger partial charge on any atom is 0.410 e. The van der Waals surface area contributed by atoms with Crippen LogP contribution in [0.15, 0.2) is 24.3 Å². The topological polar surface area (TPSA) is 55.6 Å². The molecule has 0 heterocycles. The molecule has 0 aliphatic carbocycles. The first-order valence-electron chi connectivity index (χ1n) is 6.16. The molecule has 0 fully saturated rings. The van der Waals surface area contributed by atoms with Crippen LogP contribution in [-0.2, 0) is 4.74 Å². The van der Waals surface area contributed by atoms with E-state index in [1.807, 2.05) is 0 Å². The SMILES string of the molecule is CN(C(=O)OC(C)(C)C)C(CN)c1cccc(F)c1. The number of rotatable bonds is 3. The van der Waals surface area contributed by atoms with Crippen molar-refractivity contribution in [3.8, 4) is 0 Å². The van der Waals surface area contributed by atoms with Gasteiger partial charge < -0.3 is 15.4 Å². The first kappa shape index (κ1) is 15.4. The standard InChI is InChI=1S/C14H21FN2O2/c1-14(2,3)19-13(18)17(4)12(9-16)10-6-5-7-11(15)8-10/h5-8,12H,9,16H2,1-4H3. The Morgan fingerprint density at radius 2 is 2.11 bits per heavy atom. The molecule has 0 spiro atoms. The van der Waals surface area contributed by atoms with Gasteiger partial charge in [0.15, 0.2) is 0 Å². The minimum atomic E-state index is -0.577. The molecule has 1 unspecified atom stereocenters. The van der Waals surface area contributed by atoms with E-state index in [1.54, 1.807) is 40.0 Å². The number of hydrogen-bond donors (Lipinski definition) is 1. The van der Waals surface area contributed by atoms with Crippen molar-refractivity contribution in [1.29, 1.82) is 0 Å². The normalized spacial score (nSPS) is 12.9. The first-order chi connectivity index (χ1) is 8.74. The molecular formula is C14H21FN2O2. The van der Waals surface area contributed by atoms with Gasteiger partial charge in [0.25, 0.3) is 0 Å². The fraction of sp³-hybridized carbons (Fsp3) is 0.500. The predicted octanol–water partition coefficient (Wildman–Crippen LogP) is 2.69. The third-order valence-corrected chi connectivity index (χ3v) is 2.61. The highest BCUT2D eigenvalue weighted by atomic mass is 19.1. The van der Waals surface area contributed by atoms with Gasteiger partial charge in [0, 0.05) is 13.6 Å². The second kappa shape index (κ2) is 6.02. The summed E-state index contributed by atoms with van der Waals surface area (Å²) >= 11 is 0. The van der Waals surface area contributed by atoms with Crippen LogP contribution in [0.2, 0.25) is 0 Å². The molecule has 1 aromatic rings. The minimum Gasteiger partial charge on any atom is -0.444 e. The molecule has 106 valence electrons. The van der Waals surface area contributed by atoms with E-state index < -0.39 is 17.7 Å². The number of nitrogens with two attached hydrogens (primary N) is 1. The molecule has 4 nitrogen and oxygen atoms in total. The Morgan fingerprint density at radius 1 is 1.47 bits per heavy atom. The second-order valence-corrected chi connectivity index (χ2v) is 5.40. The molecule has 5 heteroatoms. The van der Waals surface area contributed by atoms with E-state index in [4.69, 9.17) is 10.5 Å². The number of halogens is 1. The lowest BCUT2D eigenvalue weighted by Gasteiger charge is -2.30. The van der Waals surface area contributed by atoms with E-state index in [-0.39, 0.29) is 12.4 Å². The van der Waals surface area contributed by atoms with Crippen molar-refractivity contribution in [3.05, 3.63) is 35.6 Å². The van der Waals surface area contributed by atoms with Crippen LogP contribution in [0.3, 0.4) is 0 Å². The average Bonchev–Trinajstić information content (AvgIpc) is 2.27. The number of carbonyl (C=O) groups excluding carboxylic acids is 1. The van der Waals surface area contributed by atoms with Gasteiger partial charge >= 0.3 is 6.09 Å². The van der Waals surface area contributed by atoms with Crippen molar-refractivity contribution < 1.29 is 13.9 Å². The largest absolute Gasteiger partial charge is 0.444 e. The van der Waals surface area contributed by atoms with Gasteiger partial charge in [0.2, 0.25) is 0 Å². The molecule has 1 rings (SSSR count). The summed E-state index contributed by atoms with van der Waals surface area (Å²) in [6.45, 7) is 5.56. The Bertz CT molecular complexity index is 443. The van der Waals surface area contributed by atoms with Gasteiger partial charge in [-0.05, 0) is 38.5 Å². The molecule has 0 saturated carbocycles. The van der Waals surface area contributed by atoms with Gasteiger partial charge in [-0.15, -0.1) is 0 Å².